The van der Waals surface area contributed by atoms with Gasteiger partial charge in [0.15, 0.2) is 0 Å². The summed E-state index contributed by atoms with van der Waals surface area (Å²) in [7, 11) is 0. The number of rotatable bonds is 4. The summed E-state index contributed by atoms with van der Waals surface area (Å²) in [6.45, 7) is 9.90. The van der Waals surface area contributed by atoms with Crippen molar-refractivity contribution in [3.8, 4) is 0 Å². The van der Waals surface area contributed by atoms with Gasteiger partial charge in [0.05, 0.1) is 6.54 Å². The van der Waals surface area contributed by atoms with Crippen LogP contribution in [0.25, 0.3) is 0 Å². The summed E-state index contributed by atoms with van der Waals surface area (Å²) in [5, 5.41) is 4.28. The quantitative estimate of drug-likeness (QED) is 0.861. The lowest BCUT2D eigenvalue weighted by Gasteiger charge is -2.41. The van der Waals surface area contributed by atoms with Crippen LogP contribution in [-0.4, -0.2) is 46.9 Å². The van der Waals surface area contributed by atoms with Gasteiger partial charge in [-0.1, -0.05) is 18.2 Å². The highest BCUT2D eigenvalue weighted by atomic mass is 15.3. The number of aromatic nitrogens is 2. The summed E-state index contributed by atoms with van der Waals surface area (Å²) < 4.78 is 2.01. The molecule has 0 bridgehead atoms. The Morgan fingerprint density at radius 1 is 1.14 bits per heavy atom. The van der Waals surface area contributed by atoms with Crippen LogP contribution in [0.2, 0.25) is 0 Å². The lowest BCUT2D eigenvalue weighted by molar-refractivity contribution is 0.180. The standard InChI is InChI=1S/C17H24N4/c1-15-6-3-4-7-17(15)20-11-10-19(16(2)14-20)12-13-21-9-5-8-18-21/h3-9,16H,10-14H2,1-2H3/t16-/m1/s1. The Hall–Kier alpha value is -1.81. The van der Waals surface area contributed by atoms with E-state index in [1.165, 1.54) is 11.3 Å². The zero-order chi connectivity index (χ0) is 14.7. The number of para-hydroxylation sites is 1. The molecule has 1 aliphatic rings. The number of piperazine rings is 1. The van der Waals surface area contributed by atoms with Crippen molar-refractivity contribution in [2.75, 3.05) is 31.1 Å². The molecule has 0 saturated carbocycles. The maximum absolute atomic E-state index is 4.28. The molecule has 3 rings (SSSR count). The van der Waals surface area contributed by atoms with Crippen molar-refractivity contribution in [2.24, 2.45) is 0 Å². The lowest BCUT2D eigenvalue weighted by Crippen LogP contribution is -2.52. The minimum atomic E-state index is 0.578. The van der Waals surface area contributed by atoms with Crippen molar-refractivity contribution in [3.63, 3.8) is 0 Å². The van der Waals surface area contributed by atoms with Crippen LogP contribution in [0.4, 0.5) is 5.69 Å². The molecule has 2 aromatic rings. The minimum Gasteiger partial charge on any atom is -0.368 e. The van der Waals surface area contributed by atoms with Crippen LogP contribution in [0.3, 0.4) is 0 Å². The van der Waals surface area contributed by atoms with E-state index in [9.17, 15) is 0 Å². The average molecular weight is 284 g/mol. The second kappa shape index (κ2) is 6.31. The maximum atomic E-state index is 4.28. The van der Waals surface area contributed by atoms with Crippen molar-refractivity contribution in [1.29, 1.82) is 0 Å². The van der Waals surface area contributed by atoms with Crippen LogP contribution in [-0.2, 0) is 6.54 Å². The van der Waals surface area contributed by atoms with Crippen molar-refractivity contribution in [2.45, 2.75) is 26.4 Å². The monoisotopic (exact) mass is 284 g/mol. The minimum absolute atomic E-state index is 0.578. The maximum Gasteiger partial charge on any atom is 0.0536 e. The second-order valence-corrected chi connectivity index (χ2v) is 5.89. The topological polar surface area (TPSA) is 24.3 Å². The summed E-state index contributed by atoms with van der Waals surface area (Å²) in [4.78, 5) is 5.08. The van der Waals surface area contributed by atoms with E-state index >= 15 is 0 Å². The summed E-state index contributed by atoms with van der Waals surface area (Å²) in [5.41, 5.74) is 2.76. The Kier molecular flexibility index (Phi) is 4.25. The van der Waals surface area contributed by atoms with Crippen LogP contribution in [0.1, 0.15) is 12.5 Å². The molecular formula is C17H24N4. The first kappa shape index (κ1) is 14.1. The molecular weight excluding hydrogens is 260 g/mol. The van der Waals surface area contributed by atoms with Gasteiger partial charge in [0.2, 0.25) is 0 Å². The highest BCUT2D eigenvalue weighted by Gasteiger charge is 2.24. The third-order valence-corrected chi connectivity index (χ3v) is 4.40. The fraction of sp³-hybridized carbons (Fsp3) is 0.471. The molecule has 0 amide bonds. The van der Waals surface area contributed by atoms with Gasteiger partial charge in [0.25, 0.3) is 0 Å². The third kappa shape index (κ3) is 3.27. The molecule has 21 heavy (non-hydrogen) atoms. The summed E-state index contributed by atoms with van der Waals surface area (Å²) >= 11 is 0. The molecule has 0 aliphatic carbocycles. The van der Waals surface area contributed by atoms with Crippen molar-refractivity contribution >= 4 is 5.69 Å². The van der Waals surface area contributed by atoms with E-state index in [0.717, 1.165) is 32.7 Å². The Morgan fingerprint density at radius 2 is 2.00 bits per heavy atom. The summed E-state index contributed by atoms with van der Waals surface area (Å²) in [6, 6.07) is 11.2. The molecule has 1 aromatic heterocycles. The van der Waals surface area contributed by atoms with Gasteiger partial charge in [0, 0.05) is 50.3 Å². The van der Waals surface area contributed by atoms with E-state index in [-0.39, 0.29) is 0 Å². The smallest absolute Gasteiger partial charge is 0.0536 e. The van der Waals surface area contributed by atoms with E-state index in [0.29, 0.717) is 6.04 Å². The first-order valence-electron chi connectivity index (χ1n) is 7.76. The van der Waals surface area contributed by atoms with Crippen LogP contribution in [0.5, 0.6) is 0 Å². The molecule has 1 fully saturated rings. The Morgan fingerprint density at radius 3 is 2.71 bits per heavy atom. The largest absolute Gasteiger partial charge is 0.368 e. The highest BCUT2D eigenvalue weighted by Crippen LogP contribution is 2.22. The molecule has 4 heteroatoms. The normalized spacial score (nSPS) is 19.9. The molecule has 0 spiro atoms. The van der Waals surface area contributed by atoms with Gasteiger partial charge in [-0.05, 0) is 31.5 Å². The average Bonchev–Trinajstić information content (AvgIpc) is 3.00. The molecule has 1 atom stereocenters. The molecule has 0 radical (unpaired) electrons. The van der Waals surface area contributed by atoms with Crippen LogP contribution in [0.15, 0.2) is 42.7 Å². The van der Waals surface area contributed by atoms with Crippen LogP contribution in [0, 0.1) is 6.92 Å². The van der Waals surface area contributed by atoms with Gasteiger partial charge in [0.1, 0.15) is 0 Å². The molecule has 0 N–H and O–H groups in total. The second-order valence-electron chi connectivity index (χ2n) is 5.89. The summed E-state index contributed by atoms with van der Waals surface area (Å²) in [5.74, 6) is 0. The number of hydrogen-bond donors (Lipinski definition) is 0. The molecule has 112 valence electrons. The Bertz CT molecular complexity index is 564. The molecule has 4 nitrogen and oxygen atoms in total. The van der Waals surface area contributed by atoms with Gasteiger partial charge in [-0.15, -0.1) is 0 Å². The molecule has 1 aromatic carbocycles. The van der Waals surface area contributed by atoms with Gasteiger partial charge in [-0.2, -0.15) is 5.10 Å². The zero-order valence-corrected chi connectivity index (χ0v) is 12.9. The first-order chi connectivity index (χ1) is 10.2. The van der Waals surface area contributed by atoms with Crippen LogP contribution >= 0.6 is 0 Å². The third-order valence-electron chi connectivity index (χ3n) is 4.40. The fourth-order valence-corrected chi connectivity index (χ4v) is 3.13. The van der Waals surface area contributed by atoms with E-state index in [1.807, 2.05) is 23.1 Å². The van der Waals surface area contributed by atoms with Gasteiger partial charge in [-0.3, -0.25) is 9.58 Å². The van der Waals surface area contributed by atoms with Gasteiger partial charge < -0.3 is 4.90 Å². The highest BCUT2D eigenvalue weighted by molar-refractivity contribution is 5.53. The number of aryl methyl sites for hydroxylation is 1. The predicted octanol–water partition coefficient (Wildman–Crippen LogP) is 2.40. The van der Waals surface area contributed by atoms with E-state index in [1.54, 1.807) is 0 Å². The van der Waals surface area contributed by atoms with E-state index in [2.05, 4.69) is 53.0 Å². The van der Waals surface area contributed by atoms with E-state index in [4.69, 9.17) is 0 Å². The number of hydrogen-bond acceptors (Lipinski definition) is 3. The Labute approximate surface area is 127 Å². The Balaban J connectivity index is 1.58. The number of benzene rings is 1. The van der Waals surface area contributed by atoms with Crippen molar-refractivity contribution in [1.82, 2.24) is 14.7 Å². The zero-order valence-electron chi connectivity index (χ0n) is 12.9. The van der Waals surface area contributed by atoms with E-state index < -0.39 is 0 Å². The molecule has 0 unspecified atom stereocenters. The SMILES string of the molecule is Cc1ccccc1N1CCN(CCn2cccn2)[C@H](C)C1. The number of nitrogens with zero attached hydrogens (tertiary/aromatic N) is 4. The molecule has 1 saturated heterocycles. The van der Waals surface area contributed by atoms with Crippen molar-refractivity contribution < 1.29 is 0 Å². The number of anilines is 1. The van der Waals surface area contributed by atoms with Crippen LogP contribution < -0.4 is 4.90 Å². The van der Waals surface area contributed by atoms with Gasteiger partial charge in [-0.25, -0.2) is 0 Å². The lowest BCUT2D eigenvalue weighted by atomic mass is 10.1. The summed E-state index contributed by atoms with van der Waals surface area (Å²) in [6.07, 6.45) is 3.88. The fourth-order valence-electron chi connectivity index (χ4n) is 3.13. The predicted molar refractivity (Wildman–Crippen MR) is 86.7 cm³/mol. The molecule has 2 heterocycles. The van der Waals surface area contributed by atoms with Gasteiger partial charge >= 0.3 is 0 Å². The molecule has 1 aliphatic heterocycles. The first-order valence-corrected chi connectivity index (χ1v) is 7.76. The van der Waals surface area contributed by atoms with Crippen molar-refractivity contribution in [3.05, 3.63) is 48.3 Å².